The minimum Gasteiger partial charge on any atom is -1.00 e. The van der Waals surface area contributed by atoms with E-state index in [2.05, 4.69) is 143 Å². The van der Waals surface area contributed by atoms with Crippen LogP contribution < -0.4 is 52.8 Å². The molecule has 0 aliphatic heterocycles. The first kappa shape index (κ1) is 33.0. The Morgan fingerprint density at radius 3 is 1.17 bits per heavy atom. The van der Waals surface area contributed by atoms with Crippen LogP contribution in [0.25, 0.3) is 0 Å². The van der Waals surface area contributed by atoms with E-state index in [1.54, 1.807) is 0 Å². The van der Waals surface area contributed by atoms with Crippen molar-refractivity contribution in [1.29, 1.82) is 0 Å². The number of hydrogen-bond donors (Lipinski definition) is 0. The van der Waals surface area contributed by atoms with Crippen LogP contribution in [-0.2, 0) is 20.4 Å². The van der Waals surface area contributed by atoms with Crippen LogP contribution in [0.15, 0.2) is 89.0 Å². The van der Waals surface area contributed by atoms with Gasteiger partial charge >= 0.3 is 214 Å². The number of halogens is 3. The van der Waals surface area contributed by atoms with Crippen molar-refractivity contribution in [3.8, 4) is 0 Å². The molecule has 0 spiro atoms. The van der Waals surface area contributed by atoms with Crippen LogP contribution in [0.4, 0.5) is 0 Å². The molecule has 0 atom stereocenters. The van der Waals surface area contributed by atoms with Gasteiger partial charge in [0, 0.05) is 0 Å². The Balaban J connectivity index is 0.00000216. The molecule has 0 N–H and O–H groups in total. The van der Waals surface area contributed by atoms with E-state index in [1.807, 2.05) is 0 Å². The third kappa shape index (κ3) is 5.01. The van der Waals surface area contributed by atoms with Gasteiger partial charge in [-0.3, -0.25) is 0 Å². The molecule has 0 radical (unpaired) electrons. The van der Waals surface area contributed by atoms with Gasteiger partial charge in [0.25, 0.3) is 0 Å². The van der Waals surface area contributed by atoms with Crippen molar-refractivity contribution in [3.63, 3.8) is 0 Å². The van der Waals surface area contributed by atoms with E-state index >= 15 is 0 Å². The van der Waals surface area contributed by atoms with Crippen molar-refractivity contribution < 1.29 is 57.7 Å². The summed E-state index contributed by atoms with van der Waals surface area (Å²) in [4.78, 5) is 0. The first-order valence-electron chi connectivity index (χ1n) is 11.9. The van der Waals surface area contributed by atoms with Gasteiger partial charge in [-0.25, -0.2) is 0 Å². The first-order valence-corrected chi connectivity index (χ1v) is 14.7. The van der Waals surface area contributed by atoms with E-state index in [4.69, 9.17) is 0 Å². The maximum Gasteiger partial charge on any atom is -1.00 e. The van der Waals surface area contributed by atoms with E-state index in [-0.39, 0.29) is 40.6 Å². The van der Waals surface area contributed by atoms with Gasteiger partial charge in [0.05, 0.1) is 0 Å². The third-order valence-corrected chi connectivity index (χ3v) is 16.2. The summed E-state index contributed by atoms with van der Waals surface area (Å²) in [6.07, 6.45) is 0. The summed E-state index contributed by atoms with van der Waals surface area (Å²) >= 11 is 2.55. The van der Waals surface area contributed by atoms with Crippen molar-refractivity contribution in [3.05, 3.63) is 111 Å². The topological polar surface area (TPSA) is 0 Å². The van der Waals surface area contributed by atoms with Gasteiger partial charge < -0.3 is 37.2 Å². The molecular formula is C31H35Cl3SiTi. The Bertz CT molecular complexity index is 1190. The summed E-state index contributed by atoms with van der Waals surface area (Å²) in [5.41, 5.74) is 11.4. The molecule has 3 aromatic carbocycles. The SMILES string of the molecule is CC1=C(C)[C]([Ti+3])([Si](c2ccccc2)(c2cc(C)cc(C)c2)c2cc(C)cc(C)c2)C(C)=C1C.[Cl-].[Cl-].[Cl-]. The van der Waals surface area contributed by atoms with Crippen LogP contribution in [-0.4, -0.2) is 8.07 Å². The minimum atomic E-state index is -2.57. The molecule has 4 rings (SSSR count). The van der Waals surface area contributed by atoms with Crippen LogP contribution in [0, 0.1) is 27.7 Å². The number of aryl methyl sites for hydroxylation is 4. The maximum atomic E-state index is 2.55. The Morgan fingerprint density at radius 1 is 0.500 bits per heavy atom. The number of allylic oxidation sites excluding steroid dienone is 4. The molecule has 0 aromatic heterocycles. The second-order valence-corrected chi connectivity index (χ2v) is 16.1. The smallest absolute Gasteiger partial charge is 1.00 e. The molecule has 0 unspecified atom stereocenters. The second kappa shape index (κ2) is 12.2. The minimum absolute atomic E-state index is 0. The fraction of sp³-hybridized carbons (Fsp3) is 0.290. The number of benzene rings is 3. The summed E-state index contributed by atoms with van der Waals surface area (Å²) in [5.74, 6) is 0. The standard InChI is InChI=1S/C31H35Si.3ClH.Ti/c1-20-14-21(2)17-29(16-20)32(28-12-10-9-11-13-28,30-18-22(3)15-23(4)19-30)31-26(7)24(5)25(6)27(31)8;;;;/h9-19H,1-8H3;3*1H;/q;;;;+3/p-3. The van der Waals surface area contributed by atoms with Crippen molar-refractivity contribution in [1.82, 2.24) is 0 Å². The number of hydrogen-bond acceptors (Lipinski definition) is 0. The monoisotopic (exact) mass is 588 g/mol. The molecule has 5 heteroatoms. The second-order valence-electron chi connectivity index (χ2n) is 10.1. The van der Waals surface area contributed by atoms with Crippen LogP contribution in [0.2, 0.25) is 3.34 Å². The van der Waals surface area contributed by atoms with Gasteiger partial charge in [0.15, 0.2) is 0 Å². The fourth-order valence-corrected chi connectivity index (χ4v) is 15.1. The normalized spacial score (nSPS) is 14.7. The Hall–Kier alpha value is -1.06. The van der Waals surface area contributed by atoms with E-state index in [0.29, 0.717) is 0 Å². The summed E-state index contributed by atoms with van der Waals surface area (Å²) < 4.78 is -0.0526. The molecule has 0 heterocycles. The van der Waals surface area contributed by atoms with Crippen LogP contribution >= 0.6 is 0 Å². The maximum absolute atomic E-state index is 2.57. The van der Waals surface area contributed by atoms with E-state index < -0.39 is 8.07 Å². The van der Waals surface area contributed by atoms with Crippen LogP contribution in [0.5, 0.6) is 0 Å². The van der Waals surface area contributed by atoms with Crippen molar-refractivity contribution in [2.45, 2.75) is 58.7 Å². The quantitative estimate of drug-likeness (QED) is 0.230. The summed E-state index contributed by atoms with van der Waals surface area (Å²) in [7, 11) is -2.57. The Labute approximate surface area is 249 Å². The molecule has 188 valence electrons. The molecule has 0 bridgehead atoms. The summed E-state index contributed by atoms with van der Waals surface area (Å²) in [5, 5.41) is 4.52. The average molecular weight is 590 g/mol. The van der Waals surface area contributed by atoms with Crippen LogP contribution in [0.3, 0.4) is 0 Å². The Kier molecular flexibility index (Phi) is 11.2. The predicted molar refractivity (Wildman–Crippen MR) is 142 cm³/mol. The molecule has 0 amide bonds. The molecule has 36 heavy (non-hydrogen) atoms. The zero-order valence-corrected chi connectivity index (χ0v) is 27.3. The fourth-order valence-electron chi connectivity index (χ4n) is 6.19. The molecule has 0 fully saturated rings. The van der Waals surface area contributed by atoms with E-state index in [0.717, 1.165) is 0 Å². The summed E-state index contributed by atoms with van der Waals surface area (Å²) in [6.45, 7) is 18.4. The molecule has 0 nitrogen and oxygen atoms in total. The van der Waals surface area contributed by atoms with Crippen molar-refractivity contribution in [2.75, 3.05) is 0 Å². The largest absolute Gasteiger partial charge is 1.00 e. The van der Waals surface area contributed by atoms with E-state index in [9.17, 15) is 0 Å². The molecule has 1 aliphatic carbocycles. The van der Waals surface area contributed by atoms with Crippen molar-refractivity contribution in [2.24, 2.45) is 0 Å². The molecule has 3 aromatic rings. The van der Waals surface area contributed by atoms with E-state index in [1.165, 1.54) is 60.1 Å². The van der Waals surface area contributed by atoms with Crippen molar-refractivity contribution >= 4 is 23.6 Å². The van der Waals surface area contributed by atoms with Gasteiger partial charge in [-0.2, -0.15) is 0 Å². The molecule has 1 aliphatic rings. The first-order chi connectivity index (χ1) is 15.5. The zero-order valence-electron chi connectivity index (χ0n) is 22.5. The summed E-state index contributed by atoms with van der Waals surface area (Å²) in [6, 6.07) is 26.0. The molecular weight excluding hydrogens is 555 g/mol. The van der Waals surface area contributed by atoms with Gasteiger partial charge in [0.1, 0.15) is 0 Å². The predicted octanol–water partition coefficient (Wildman–Crippen LogP) is -2.67. The molecule has 0 saturated carbocycles. The van der Waals surface area contributed by atoms with Crippen LogP contribution in [0.1, 0.15) is 49.9 Å². The van der Waals surface area contributed by atoms with Gasteiger partial charge in [-0.05, 0) is 0 Å². The third-order valence-electron chi connectivity index (χ3n) is 7.89. The number of rotatable bonds is 4. The average Bonchev–Trinajstić information content (AvgIpc) is 2.90. The van der Waals surface area contributed by atoms with Gasteiger partial charge in [-0.15, -0.1) is 0 Å². The van der Waals surface area contributed by atoms with Gasteiger partial charge in [0.2, 0.25) is 0 Å². The Morgan fingerprint density at radius 2 is 0.833 bits per heavy atom. The van der Waals surface area contributed by atoms with Gasteiger partial charge in [-0.1, -0.05) is 0 Å². The molecule has 0 saturated heterocycles. The zero-order chi connectivity index (χ0) is 24.1.